The van der Waals surface area contributed by atoms with Gasteiger partial charge in [0.1, 0.15) is 11.2 Å². The summed E-state index contributed by atoms with van der Waals surface area (Å²) in [5.74, 6) is -2.00. The van der Waals surface area contributed by atoms with E-state index in [9.17, 15) is 24.2 Å². The Bertz CT molecular complexity index is 857. The van der Waals surface area contributed by atoms with Crippen LogP contribution in [0, 0.1) is 11.2 Å². The lowest BCUT2D eigenvalue weighted by molar-refractivity contribution is -0.161. The minimum atomic E-state index is -1.58. The van der Waals surface area contributed by atoms with Crippen molar-refractivity contribution in [2.24, 2.45) is 5.41 Å². The number of likely N-dealkylation sites (tertiary alicyclic amines) is 1. The predicted molar refractivity (Wildman–Crippen MR) is 98.2 cm³/mol. The van der Waals surface area contributed by atoms with E-state index in [2.05, 4.69) is 0 Å². The summed E-state index contributed by atoms with van der Waals surface area (Å²) in [7, 11) is 0. The highest BCUT2D eigenvalue weighted by Crippen LogP contribution is 2.35. The number of nitrogens with zero attached hydrogens (tertiary/aromatic N) is 1. The number of hydrogen-bond acceptors (Lipinski definition) is 3. The first-order chi connectivity index (χ1) is 12.8. The Balaban J connectivity index is 1.91. The van der Waals surface area contributed by atoms with Crippen molar-refractivity contribution in [3.63, 3.8) is 0 Å². The van der Waals surface area contributed by atoms with Crippen molar-refractivity contribution in [1.82, 2.24) is 4.90 Å². The van der Waals surface area contributed by atoms with E-state index in [1.165, 1.54) is 29.2 Å². The van der Waals surface area contributed by atoms with Gasteiger partial charge < -0.3 is 15.1 Å². The molecular weight excluding hydrogens is 373 g/mol. The number of aliphatic hydroxyl groups is 1. The van der Waals surface area contributed by atoms with E-state index in [0.29, 0.717) is 5.56 Å². The zero-order valence-electron chi connectivity index (χ0n) is 14.4. The van der Waals surface area contributed by atoms with E-state index in [4.69, 9.17) is 11.6 Å². The van der Waals surface area contributed by atoms with E-state index in [0.717, 1.165) is 0 Å². The maximum Gasteiger partial charge on any atom is 0.314 e. The number of carbonyl (C=O) groups excluding carboxylic acids is 1. The Kier molecular flexibility index (Phi) is 5.48. The Hall–Kier alpha value is -2.44. The summed E-state index contributed by atoms with van der Waals surface area (Å²) in [5.41, 5.74) is -0.714. The van der Waals surface area contributed by atoms with Crippen molar-refractivity contribution < 1.29 is 24.2 Å². The number of halogens is 2. The highest BCUT2D eigenvalue weighted by atomic mass is 35.5. The molecule has 1 fully saturated rings. The van der Waals surface area contributed by atoms with Gasteiger partial charge in [0, 0.05) is 13.1 Å². The number of benzene rings is 2. The molecule has 0 aliphatic carbocycles. The standard InChI is InChI=1S/C20H19ClFNO4/c21-16-4-2-1-3-15(16)18(25)23-10-9-17(24)20(12-23,19(26)27)11-13-5-7-14(22)8-6-13/h1-8,17,24H,9-12H2,(H,26,27)/t17-,20-/m1/s1. The molecule has 0 saturated carbocycles. The summed E-state index contributed by atoms with van der Waals surface area (Å²) in [6.45, 7) is 0.0641. The number of hydrogen-bond donors (Lipinski definition) is 2. The van der Waals surface area contributed by atoms with Gasteiger partial charge >= 0.3 is 5.97 Å². The molecule has 0 aromatic heterocycles. The van der Waals surface area contributed by atoms with Crippen molar-refractivity contribution >= 4 is 23.5 Å². The molecule has 27 heavy (non-hydrogen) atoms. The topological polar surface area (TPSA) is 77.8 Å². The van der Waals surface area contributed by atoms with E-state index in [-0.39, 0.29) is 42.4 Å². The molecule has 1 aliphatic heterocycles. The van der Waals surface area contributed by atoms with Crippen LogP contribution in [-0.2, 0) is 11.2 Å². The fourth-order valence-corrected chi connectivity index (χ4v) is 3.70. The molecule has 5 nitrogen and oxygen atoms in total. The molecule has 3 rings (SSSR count). The van der Waals surface area contributed by atoms with Gasteiger partial charge in [-0.3, -0.25) is 9.59 Å². The average molecular weight is 392 g/mol. The number of carbonyl (C=O) groups is 2. The molecule has 1 saturated heterocycles. The van der Waals surface area contributed by atoms with E-state index in [1.54, 1.807) is 24.3 Å². The van der Waals surface area contributed by atoms with Gasteiger partial charge in [-0.05, 0) is 42.7 Å². The lowest BCUT2D eigenvalue weighted by Gasteiger charge is -2.43. The number of carboxylic acids is 1. The van der Waals surface area contributed by atoms with Crippen molar-refractivity contribution in [1.29, 1.82) is 0 Å². The van der Waals surface area contributed by atoms with Crippen molar-refractivity contribution in [3.8, 4) is 0 Å². The van der Waals surface area contributed by atoms with Crippen molar-refractivity contribution in [3.05, 3.63) is 70.5 Å². The molecule has 2 aromatic rings. The van der Waals surface area contributed by atoms with Crippen LogP contribution in [0.2, 0.25) is 5.02 Å². The molecule has 2 atom stereocenters. The third-order valence-electron chi connectivity index (χ3n) is 5.03. The molecule has 2 aromatic carbocycles. The average Bonchev–Trinajstić information content (AvgIpc) is 2.65. The lowest BCUT2D eigenvalue weighted by Crippen LogP contribution is -2.58. The number of rotatable bonds is 4. The van der Waals surface area contributed by atoms with Gasteiger partial charge in [0.15, 0.2) is 0 Å². The van der Waals surface area contributed by atoms with Crippen LogP contribution in [0.3, 0.4) is 0 Å². The molecule has 0 spiro atoms. The van der Waals surface area contributed by atoms with E-state index < -0.39 is 23.3 Å². The van der Waals surface area contributed by atoms with E-state index >= 15 is 0 Å². The first-order valence-electron chi connectivity index (χ1n) is 8.53. The molecular formula is C20H19ClFNO4. The van der Waals surface area contributed by atoms with Gasteiger partial charge in [-0.15, -0.1) is 0 Å². The highest BCUT2D eigenvalue weighted by molar-refractivity contribution is 6.33. The van der Waals surface area contributed by atoms with Crippen LogP contribution in [0.1, 0.15) is 22.3 Å². The van der Waals surface area contributed by atoms with Crippen LogP contribution >= 0.6 is 11.6 Å². The molecule has 0 radical (unpaired) electrons. The minimum absolute atomic E-state index is 0.0178. The maximum absolute atomic E-state index is 13.2. The third-order valence-corrected chi connectivity index (χ3v) is 5.36. The summed E-state index contributed by atoms with van der Waals surface area (Å²) >= 11 is 6.10. The van der Waals surface area contributed by atoms with Crippen LogP contribution in [-0.4, -0.2) is 46.2 Å². The van der Waals surface area contributed by atoms with Crippen LogP contribution in [0.5, 0.6) is 0 Å². The minimum Gasteiger partial charge on any atom is -0.481 e. The normalized spacial score (nSPS) is 22.5. The number of aliphatic carboxylic acids is 1. The van der Waals surface area contributed by atoms with Crippen LogP contribution in [0.15, 0.2) is 48.5 Å². The maximum atomic E-state index is 13.2. The SMILES string of the molecule is O=C(c1ccccc1Cl)N1CC[C@@H](O)[C@](Cc2ccc(F)cc2)(C(=O)O)C1. The number of amides is 1. The molecule has 1 heterocycles. The molecule has 2 N–H and O–H groups in total. The highest BCUT2D eigenvalue weighted by Gasteiger charge is 2.50. The zero-order valence-corrected chi connectivity index (χ0v) is 15.2. The zero-order chi connectivity index (χ0) is 19.6. The van der Waals surface area contributed by atoms with E-state index in [1.807, 2.05) is 0 Å². The Morgan fingerprint density at radius 3 is 2.48 bits per heavy atom. The van der Waals surface area contributed by atoms with Gasteiger partial charge in [0.25, 0.3) is 5.91 Å². The van der Waals surface area contributed by atoms with Gasteiger partial charge in [0.2, 0.25) is 0 Å². The molecule has 0 unspecified atom stereocenters. The summed E-state index contributed by atoms with van der Waals surface area (Å²) in [5, 5.41) is 20.7. The molecule has 1 aliphatic rings. The van der Waals surface area contributed by atoms with Crippen LogP contribution in [0.4, 0.5) is 4.39 Å². The second-order valence-corrected chi connectivity index (χ2v) is 7.18. The summed E-state index contributed by atoms with van der Waals surface area (Å²) in [6.07, 6.45) is -1.02. The van der Waals surface area contributed by atoms with Crippen LogP contribution in [0.25, 0.3) is 0 Å². The molecule has 142 valence electrons. The number of piperidine rings is 1. The first-order valence-corrected chi connectivity index (χ1v) is 8.91. The second kappa shape index (κ2) is 7.66. The monoisotopic (exact) mass is 391 g/mol. The summed E-state index contributed by atoms with van der Waals surface area (Å²) in [4.78, 5) is 26.4. The Morgan fingerprint density at radius 2 is 1.85 bits per heavy atom. The second-order valence-electron chi connectivity index (χ2n) is 6.78. The van der Waals surface area contributed by atoms with Crippen molar-refractivity contribution in [2.75, 3.05) is 13.1 Å². The largest absolute Gasteiger partial charge is 0.481 e. The molecule has 7 heteroatoms. The number of carboxylic acid groups (broad SMARTS) is 1. The third kappa shape index (κ3) is 3.82. The molecule has 0 bridgehead atoms. The van der Waals surface area contributed by atoms with Crippen LogP contribution < -0.4 is 0 Å². The lowest BCUT2D eigenvalue weighted by atomic mass is 9.72. The van der Waals surface area contributed by atoms with Gasteiger partial charge in [-0.1, -0.05) is 35.9 Å². The number of aliphatic hydroxyl groups excluding tert-OH is 1. The Labute approximate surface area is 161 Å². The quantitative estimate of drug-likeness (QED) is 0.839. The smallest absolute Gasteiger partial charge is 0.314 e. The predicted octanol–water partition coefficient (Wildman–Crippen LogP) is 3.00. The first kappa shape index (κ1) is 19.3. The van der Waals surface area contributed by atoms with Crippen molar-refractivity contribution in [2.45, 2.75) is 18.9 Å². The summed E-state index contributed by atoms with van der Waals surface area (Å²) in [6, 6.07) is 12.0. The van der Waals surface area contributed by atoms with Gasteiger partial charge in [0.05, 0.1) is 16.7 Å². The Morgan fingerprint density at radius 1 is 1.19 bits per heavy atom. The fourth-order valence-electron chi connectivity index (χ4n) is 3.48. The molecule has 1 amide bonds. The van der Waals surface area contributed by atoms with Gasteiger partial charge in [-0.2, -0.15) is 0 Å². The fraction of sp³-hybridized carbons (Fsp3) is 0.300. The summed E-state index contributed by atoms with van der Waals surface area (Å²) < 4.78 is 13.2. The van der Waals surface area contributed by atoms with Gasteiger partial charge in [-0.25, -0.2) is 4.39 Å².